The van der Waals surface area contributed by atoms with Gasteiger partial charge in [0.2, 0.25) is 0 Å². The van der Waals surface area contributed by atoms with Crippen LogP contribution in [0.5, 0.6) is 0 Å². The standard InChI is InChI=1S/C12H24N4O2/c1-12(2,4-7-18)10-13-8-11-9-16(15-14-11)5-3-6-17/h9,13,17-18H,3-8,10H2,1-2H3. The van der Waals surface area contributed by atoms with Crippen LogP contribution in [0.2, 0.25) is 0 Å². The molecule has 0 bridgehead atoms. The minimum atomic E-state index is 0.0850. The zero-order chi connectivity index (χ0) is 13.4. The first kappa shape index (κ1) is 15.1. The average Bonchev–Trinajstić information content (AvgIpc) is 2.74. The monoisotopic (exact) mass is 256 g/mol. The molecule has 1 heterocycles. The van der Waals surface area contributed by atoms with Gasteiger partial charge >= 0.3 is 0 Å². The van der Waals surface area contributed by atoms with Gasteiger partial charge in [-0.25, -0.2) is 0 Å². The van der Waals surface area contributed by atoms with E-state index in [4.69, 9.17) is 10.2 Å². The van der Waals surface area contributed by atoms with Crippen molar-refractivity contribution in [3.63, 3.8) is 0 Å². The number of hydrogen-bond acceptors (Lipinski definition) is 5. The number of rotatable bonds is 9. The lowest BCUT2D eigenvalue weighted by Gasteiger charge is -2.23. The van der Waals surface area contributed by atoms with Crippen molar-refractivity contribution < 1.29 is 10.2 Å². The molecule has 0 radical (unpaired) electrons. The molecule has 0 aliphatic carbocycles. The predicted octanol–water partition coefficient (Wildman–Crippen LogP) is 0.159. The Morgan fingerprint density at radius 2 is 2.11 bits per heavy atom. The molecule has 0 saturated heterocycles. The lowest BCUT2D eigenvalue weighted by atomic mass is 9.90. The van der Waals surface area contributed by atoms with Gasteiger partial charge in [0.1, 0.15) is 0 Å². The van der Waals surface area contributed by atoms with Crippen molar-refractivity contribution in [3.05, 3.63) is 11.9 Å². The smallest absolute Gasteiger partial charge is 0.0964 e. The number of nitrogens with zero attached hydrogens (tertiary/aromatic N) is 3. The summed E-state index contributed by atoms with van der Waals surface area (Å²) in [6.07, 6.45) is 3.37. The Hall–Kier alpha value is -0.980. The number of hydrogen-bond donors (Lipinski definition) is 3. The molecule has 0 amide bonds. The largest absolute Gasteiger partial charge is 0.396 e. The Morgan fingerprint density at radius 3 is 2.78 bits per heavy atom. The second-order valence-corrected chi connectivity index (χ2v) is 5.29. The first-order valence-corrected chi connectivity index (χ1v) is 6.39. The van der Waals surface area contributed by atoms with E-state index in [1.807, 2.05) is 6.20 Å². The predicted molar refractivity (Wildman–Crippen MR) is 68.9 cm³/mol. The number of aryl methyl sites for hydroxylation is 1. The highest BCUT2D eigenvalue weighted by Gasteiger charge is 2.16. The van der Waals surface area contributed by atoms with Gasteiger partial charge in [-0.15, -0.1) is 5.10 Å². The summed E-state index contributed by atoms with van der Waals surface area (Å²) < 4.78 is 1.74. The van der Waals surface area contributed by atoms with Gasteiger partial charge in [-0.2, -0.15) is 0 Å². The fourth-order valence-corrected chi connectivity index (χ4v) is 1.68. The van der Waals surface area contributed by atoms with Crippen molar-refractivity contribution in [2.45, 2.75) is 39.8 Å². The number of nitrogens with one attached hydrogen (secondary N) is 1. The summed E-state index contributed by atoms with van der Waals surface area (Å²) >= 11 is 0. The van der Waals surface area contributed by atoms with Crippen molar-refractivity contribution in [3.8, 4) is 0 Å². The molecule has 0 unspecified atom stereocenters. The molecule has 3 N–H and O–H groups in total. The third-order valence-electron chi connectivity index (χ3n) is 2.83. The topological polar surface area (TPSA) is 83.2 Å². The van der Waals surface area contributed by atoms with E-state index < -0.39 is 0 Å². The second kappa shape index (κ2) is 7.45. The van der Waals surface area contributed by atoms with Crippen LogP contribution in [0.3, 0.4) is 0 Å². The van der Waals surface area contributed by atoms with Crippen LogP contribution < -0.4 is 5.32 Å². The lowest BCUT2D eigenvalue weighted by Crippen LogP contribution is -2.30. The van der Waals surface area contributed by atoms with Crippen LogP contribution in [-0.4, -0.2) is 45.0 Å². The van der Waals surface area contributed by atoms with Crippen molar-refractivity contribution in [2.75, 3.05) is 19.8 Å². The molecule has 6 heteroatoms. The van der Waals surface area contributed by atoms with Gasteiger partial charge in [-0.3, -0.25) is 4.68 Å². The van der Waals surface area contributed by atoms with Gasteiger partial charge in [0.15, 0.2) is 0 Å². The molecule has 1 aromatic heterocycles. The van der Waals surface area contributed by atoms with E-state index in [0.717, 1.165) is 18.7 Å². The quantitative estimate of drug-likeness (QED) is 0.586. The minimum absolute atomic E-state index is 0.0850. The molecule has 0 saturated carbocycles. The molecule has 104 valence electrons. The summed E-state index contributed by atoms with van der Waals surface area (Å²) in [5.41, 5.74) is 0.981. The summed E-state index contributed by atoms with van der Waals surface area (Å²) in [5, 5.41) is 29.0. The van der Waals surface area contributed by atoms with E-state index in [1.165, 1.54) is 0 Å². The summed E-state index contributed by atoms with van der Waals surface area (Å²) in [7, 11) is 0. The Morgan fingerprint density at radius 1 is 1.33 bits per heavy atom. The van der Waals surface area contributed by atoms with Crippen molar-refractivity contribution in [1.82, 2.24) is 20.3 Å². The first-order valence-electron chi connectivity index (χ1n) is 6.39. The Balaban J connectivity index is 2.28. The Kier molecular flexibility index (Phi) is 6.24. The van der Waals surface area contributed by atoms with Crippen molar-refractivity contribution in [2.24, 2.45) is 5.41 Å². The average molecular weight is 256 g/mol. The molecule has 0 spiro atoms. The zero-order valence-corrected chi connectivity index (χ0v) is 11.3. The van der Waals surface area contributed by atoms with E-state index in [0.29, 0.717) is 19.5 Å². The molecule has 0 atom stereocenters. The molecule has 0 aliphatic heterocycles. The minimum Gasteiger partial charge on any atom is -0.396 e. The number of aromatic nitrogens is 3. The maximum Gasteiger partial charge on any atom is 0.0964 e. The van der Waals surface area contributed by atoms with Crippen LogP contribution in [0.4, 0.5) is 0 Å². The molecule has 0 fully saturated rings. The highest BCUT2D eigenvalue weighted by atomic mass is 16.3. The molecular weight excluding hydrogens is 232 g/mol. The van der Waals surface area contributed by atoms with Gasteiger partial charge in [0.25, 0.3) is 0 Å². The lowest BCUT2D eigenvalue weighted by molar-refractivity contribution is 0.207. The van der Waals surface area contributed by atoms with Gasteiger partial charge in [0.05, 0.1) is 5.69 Å². The van der Waals surface area contributed by atoms with Gasteiger partial charge in [-0.1, -0.05) is 19.1 Å². The molecule has 0 aliphatic rings. The van der Waals surface area contributed by atoms with Gasteiger partial charge < -0.3 is 15.5 Å². The van der Waals surface area contributed by atoms with Crippen LogP contribution in [-0.2, 0) is 13.1 Å². The number of aliphatic hydroxyl groups is 2. The van der Waals surface area contributed by atoms with Crippen LogP contribution in [0.25, 0.3) is 0 Å². The summed E-state index contributed by atoms with van der Waals surface area (Å²) in [5.74, 6) is 0. The highest BCUT2D eigenvalue weighted by molar-refractivity contribution is 4.91. The first-order chi connectivity index (χ1) is 8.57. The fourth-order valence-electron chi connectivity index (χ4n) is 1.68. The summed E-state index contributed by atoms with van der Waals surface area (Å²) in [6, 6.07) is 0. The molecule has 1 aromatic rings. The van der Waals surface area contributed by atoms with E-state index in [-0.39, 0.29) is 18.6 Å². The normalized spacial score (nSPS) is 12.0. The summed E-state index contributed by atoms with van der Waals surface area (Å²) in [6.45, 7) is 6.82. The van der Waals surface area contributed by atoms with Gasteiger partial charge in [0, 0.05) is 39.0 Å². The number of aliphatic hydroxyl groups excluding tert-OH is 2. The molecular formula is C12H24N4O2. The van der Waals surface area contributed by atoms with Crippen LogP contribution in [0.1, 0.15) is 32.4 Å². The van der Waals surface area contributed by atoms with E-state index in [2.05, 4.69) is 29.5 Å². The third kappa shape index (κ3) is 5.57. The molecule has 18 heavy (non-hydrogen) atoms. The molecule has 0 aromatic carbocycles. The van der Waals surface area contributed by atoms with Crippen LogP contribution in [0.15, 0.2) is 6.20 Å². The van der Waals surface area contributed by atoms with E-state index in [1.54, 1.807) is 4.68 Å². The molecule has 1 rings (SSSR count). The fraction of sp³-hybridized carbons (Fsp3) is 0.833. The zero-order valence-electron chi connectivity index (χ0n) is 11.3. The highest BCUT2D eigenvalue weighted by Crippen LogP contribution is 2.17. The summed E-state index contributed by atoms with van der Waals surface area (Å²) in [4.78, 5) is 0. The Labute approximate surface area is 108 Å². The SMILES string of the molecule is CC(C)(CCO)CNCc1cn(CCCO)nn1. The van der Waals surface area contributed by atoms with Crippen LogP contribution >= 0.6 is 0 Å². The van der Waals surface area contributed by atoms with E-state index >= 15 is 0 Å². The Bertz CT molecular complexity index is 339. The maximum absolute atomic E-state index is 8.93. The molecule has 6 nitrogen and oxygen atoms in total. The third-order valence-corrected chi connectivity index (χ3v) is 2.83. The second-order valence-electron chi connectivity index (χ2n) is 5.29. The van der Waals surface area contributed by atoms with Gasteiger partial charge in [-0.05, 0) is 18.3 Å². The van der Waals surface area contributed by atoms with Crippen molar-refractivity contribution in [1.29, 1.82) is 0 Å². The van der Waals surface area contributed by atoms with Crippen LogP contribution in [0, 0.1) is 5.41 Å². The van der Waals surface area contributed by atoms with E-state index in [9.17, 15) is 0 Å². The maximum atomic E-state index is 8.93. The van der Waals surface area contributed by atoms with Crippen molar-refractivity contribution >= 4 is 0 Å².